The van der Waals surface area contributed by atoms with Crippen LogP contribution in [0.4, 0.5) is 4.79 Å². The molecule has 10 heteroatoms. The van der Waals surface area contributed by atoms with E-state index in [9.17, 15) is 14.4 Å². The molecule has 1 aliphatic rings. The number of aromatic amines is 1. The quantitative estimate of drug-likeness (QED) is 0.395. The Kier molecular flexibility index (Phi) is 5.62. The Balaban J connectivity index is 1.56. The molecule has 3 aromatic rings. The molecule has 1 fully saturated rings. The van der Waals surface area contributed by atoms with Crippen molar-refractivity contribution in [3.63, 3.8) is 0 Å². The van der Waals surface area contributed by atoms with Crippen molar-refractivity contribution in [2.75, 3.05) is 0 Å². The number of amides is 4. The Morgan fingerprint density at radius 2 is 1.91 bits per heavy atom. The first-order chi connectivity index (χ1) is 15.4. The van der Waals surface area contributed by atoms with Gasteiger partial charge in [0, 0.05) is 5.56 Å². The second kappa shape index (κ2) is 8.39. The Hall–Kier alpha value is -3.79. The molecule has 1 atom stereocenters. The SMILES string of the molecule is CCC1(c2ccccc2)NC(=O)N(NC(=O)Cn2c(-c3cccc(C)c3)n[nH]c2=S)C1=O. The van der Waals surface area contributed by atoms with Crippen LogP contribution in [0.15, 0.2) is 54.6 Å². The molecule has 4 amide bonds. The fourth-order valence-electron chi connectivity index (χ4n) is 3.81. The number of hydrogen-bond donors (Lipinski definition) is 3. The minimum atomic E-state index is -1.23. The van der Waals surface area contributed by atoms with Crippen LogP contribution in [0.5, 0.6) is 0 Å². The molecule has 3 N–H and O–H groups in total. The van der Waals surface area contributed by atoms with Gasteiger partial charge in [0.2, 0.25) is 0 Å². The number of carbonyl (C=O) groups excluding carboxylic acids is 3. The third kappa shape index (κ3) is 3.69. The molecular weight excluding hydrogens is 428 g/mol. The van der Waals surface area contributed by atoms with Gasteiger partial charge in [0.05, 0.1) is 0 Å². The summed E-state index contributed by atoms with van der Waals surface area (Å²) >= 11 is 5.28. The minimum absolute atomic E-state index is 0.222. The highest BCUT2D eigenvalue weighted by atomic mass is 32.1. The molecule has 164 valence electrons. The van der Waals surface area contributed by atoms with Gasteiger partial charge >= 0.3 is 6.03 Å². The van der Waals surface area contributed by atoms with Gasteiger partial charge in [-0.15, -0.1) is 0 Å². The molecule has 0 saturated carbocycles. The van der Waals surface area contributed by atoms with Crippen molar-refractivity contribution in [1.82, 2.24) is 30.5 Å². The molecule has 1 aromatic heterocycles. The molecule has 1 aliphatic heterocycles. The summed E-state index contributed by atoms with van der Waals surface area (Å²) in [5.74, 6) is -0.641. The summed E-state index contributed by atoms with van der Waals surface area (Å²) < 4.78 is 1.77. The van der Waals surface area contributed by atoms with E-state index in [1.807, 2.05) is 37.3 Å². The molecule has 32 heavy (non-hydrogen) atoms. The van der Waals surface area contributed by atoms with Gasteiger partial charge in [-0.05, 0) is 37.2 Å². The topological polar surface area (TPSA) is 112 Å². The second-order valence-corrected chi connectivity index (χ2v) is 7.93. The van der Waals surface area contributed by atoms with E-state index >= 15 is 0 Å². The van der Waals surface area contributed by atoms with Crippen molar-refractivity contribution in [2.24, 2.45) is 0 Å². The number of rotatable bonds is 6. The first kappa shape index (κ1) is 21.4. The minimum Gasteiger partial charge on any atom is -0.318 e. The van der Waals surface area contributed by atoms with Crippen LogP contribution in [0.1, 0.15) is 24.5 Å². The lowest BCUT2D eigenvalue weighted by Crippen LogP contribution is -2.49. The Labute approximate surface area is 189 Å². The lowest BCUT2D eigenvalue weighted by Gasteiger charge is -2.25. The molecule has 0 bridgehead atoms. The van der Waals surface area contributed by atoms with Gasteiger partial charge in [-0.2, -0.15) is 10.1 Å². The highest BCUT2D eigenvalue weighted by Crippen LogP contribution is 2.31. The molecule has 2 aromatic carbocycles. The number of aromatic nitrogens is 3. The van der Waals surface area contributed by atoms with Crippen LogP contribution in [-0.2, 0) is 21.7 Å². The van der Waals surface area contributed by atoms with E-state index in [1.54, 1.807) is 31.2 Å². The first-order valence-corrected chi connectivity index (χ1v) is 10.5. The molecule has 1 saturated heterocycles. The van der Waals surface area contributed by atoms with Crippen molar-refractivity contribution in [2.45, 2.75) is 32.4 Å². The highest BCUT2D eigenvalue weighted by molar-refractivity contribution is 7.71. The second-order valence-electron chi connectivity index (χ2n) is 7.54. The molecule has 0 aliphatic carbocycles. The smallest absolute Gasteiger partial charge is 0.318 e. The molecular formula is C22H22N6O3S. The van der Waals surface area contributed by atoms with Gasteiger partial charge in [0.25, 0.3) is 11.8 Å². The van der Waals surface area contributed by atoms with E-state index in [1.165, 1.54) is 4.57 Å². The average molecular weight is 451 g/mol. The zero-order valence-electron chi connectivity index (χ0n) is 17.6. The van der Waals surface area contributed by atoms with Crippen LogP contribution in [0.25, 0.3) is 11.4 Å². The summed E-state index contributed by atoms with van der Waals surface area (Å²) in [5.41, 5.74) is 3.65. The third-order valence-corrected chi connectivity index (χ3v) is 5.77. The fourth-order valence-corrected chi connectivity index (χ4v) is 4.01. The van der Waals surface area contributed by atoms with Gasteiger partial charge in [-0.3, -0.25) is 24.7 Å². The van der Waals surface area contributed by atoms with Crippen LogP contribution >= 0.6 is 12.2 Å². The van der Waals surface area contributed by atoms with E-state index in [0.29, 0.717) is 17.8 Å². The average Bonchev–Trinajstić information content (AvgIpc) is 3.27. The number of aryl methyl sites for hydroxylation is 1. The van der Waals surface area contributed by atoms with E-state index in [-0.39, 0.29) is 11.3 Å². The van der Waals surface area contributed by atoms with Crippen molar-refractivity contribution in [3.8, 4) is 11.4 Å². The van der Waals surface area contributed by atoms with Crippen LogP contribution in [0.3, 0.4) is 0 Å². The number of carbonyl (C=O) groups is 3. The maximum atomic E-state index is 13.2. The van der Waals surface area contributed by atoms with Crippen molar-refractivity contribution < 1.29 is 14.4 Å². The van der Waals surface area contributed by atoms with Crippen LogP contribution in [0.2, 0.25) is 0 Å². The molecule has 0 spiro atoms. The Morgan fingerprint density at radius 3 is 2.59 bits per heavy atom. The van der Waals surface area contributed by atoms with Crippen LogP contribution in [-0.4, -0.2) is 37.6 Å². The fraction of sp³-hybridized carbons (Fsp3) is 0.227. The lowest BCUT2D eigenvalue weighted by atomic mass is 9.87. The maximum absolute atomic E-state index is 13.2. The van der Waals surface area contributed by atoms with E-state index in [0.717, 1.165) is 16.1 Å². The lowest BCUT2D eigenvalue weighted by molar-refractivity contribution is -0.139. The van der Waals surface area contributed by atoms with E-state index < -0.39 is 23.4 Å². The molecule has 0 radical (unpaired) electrons. The predicted molar refractivity (Wildman–Crippen MR) is 120 cm³/mol. The maximum Gasteiger partial charge on any atom is 0.344 e. The van der Waals surface area contributed by atoms with Crippen molar-refractivity contribution in [1.29, 1.82) is 0 Å². The number of nitrogens with one attached hydrogen (secondary N) is 3. The number of hydrazine groups is 1. The highest BCUT2D eigenvalue weighted by Gasteiger charge is 2.52. The zero-order valence-corrected chi connectivity index (χ0v) is 18.4. The van der Waals surface area contributed by atoms with Crippen molar-refractivity contribution >= 4 is 30.1 Å². The van der Waals surface area contributed by atoms with E-state index in [4.69, 9.17) is 12.2 Å². The van der Waals surface area contributed by atoms with Gasteiger partial charge < -0.3 is 5.32 Å². The van der Waals surface area contributed by atoms with Crippen LogP contribution in [0, 0.1) is 11.7 Å². The monoisotopic (exact) mass is 450 g/mol. The third-order valence-electron chi connectivity index (χ3n) is 5.46. The Morgan fingerprint density at radius 1 is 1.16 bits per heavy atom. The number of nitrogens with zero attached hydrogens (tertiary/aromatic N) is 3. The summed E-state index contributed by atoms with van der Waals surface area (Å²) in [6.45, 7) is 3.53. The molecule has 1 unspecified atom stereocenters. The summed E-state index contributed by atoms with van der Waals surface area (Å²) in [4.78, 5) is 38.6. The number of benzene rings is 2. The normalized spacial score (nSPS) is 18.0. The number of imide groups is 1. The van der Waals surface area contributed by atoms with Gasteiger partial charge in [0.15, 0.2) is 10.6 Å². The number of hydrogen-bond acceptors (Lipinski definition) is 5. The Bertz CT molecular complexity index is 1250. The zero-order chi connectivity index (χ0) is 22.9. The first-order valence-electron chi connectivity index (χ1n) is 10.1. The molecule has 9 nitrogen and oxygen atoms in total. The number of urea groups is 1. The predicted octanol–water partition coefficient (Wildman–Crippen LogP) is 2.80. The van der Waals surface area contributed by atoms with Gasteiger partial charge in [-0.1, -0.05) is 61.0 Å². The van der Waals surface area contributed by atoms with Crippen LogP contribution < -0.4 is 10.7 Å². The summed E-state index contributed by atoms with van der Waals surface area (Å²) in [7, 11) is 0. The summed E-state index contributed by atoms with van der Waals surface area (Å²) in [5, 5.41) is 10.4. The van der Waals surface area contributed by atoms with E-state index in [2.05, 4.69) is 20.9 Å². The summed E-state index contributed by atoms with van der Waals surface area (Å²) in [6, 6.07) is 15.9. The molecule has 4 rings (SSSR count). The molecule has 2 heterocycles. The van der Waals surface area contributed by atoms with Gasteiger partial charge in [-0.25, -0.2) is 4.79 Å². The largest absolute Gasteiger partial charge is 0.344 e. The number of H-pyrrole nitrogens is 1. The van der Waals surface area contributed by atoms with Gasteiger partial charge in [0.1, 0.15) is 12.1 Å². The summed E-state index contributed by atoms with van der Waals surface area (Å²) in [6.07, 6.45) is 0.332. The standard InChI is InChI=1S/C22H22N6O3S/c1-3-22(16-10-5-4-6-11-16)19(30)28(20(31)23-22)26-17(29)13-27-18(24-25-21(27)32)15-9-7-8-14(2)12-15/h4-12H,3,13H2,1-2H3,(H,23,31)(H,25,32)(H,26,29). The van der Waals surface area contributed by atoms with Crippen molar-refractivity contribution in [3.05, 3.63) is 70.5 Å².